The average Bonchev–Trinajstić information content (AvgIpc) is 2.88. The molecule has 0 aromatic heterocycles. The first kappa shape index (κ1) is 27.3. The van der Waals surface area contributed by atoms with Crippen molar-refractivity contribution in [3.05, 3.63) is 94.1 Å². The number of phenols is 1. The summed E-state index contributed by atoms with van der Waals surface area (Å²) in [6, 6.07) is 18.2. The van der Waals surface area contributed by atoms with Crippen molar-refractivity contribution in [1.29, 1.82) is 0 Å². The molecule has 0 aliphatic carbocycles. The number of ether oxygens (including phenoxy) is 1. The predicted octanol–water partition coefficient (Wildman–Crippen LogP) is 8.14. The van der Waals surface area contributed by atoms with Gasteiger partial charge in [0.05, 0.1) is 23.7 Å². The molecule has 4 rings (SSSR count). The van der Waals surface area contributed by atoms with Gasteiger partial charge < -0.3 is 9.84 Å². The highest BCUT2D eigenvalue weighted by atomic mass is 16.5. The standard InChI is InChI=1S/C33H41N3O2/c1-6-7-8-9-10-11-18-38-27-14-16-29(33(37)21-27)31-22-30(28-15-12-23(2)19-25(28)4)34-36(35-31)32-17-13-24(3)20-26(32)5/h12-17,19-22,35,37H,6-11,18H2,1-5H3. The number of unbranched alkanes of at least 4 members (excludes halogenated alkanes) is 5. The lowest BCUT2D eigenvalue weighted by Gasteiger charge is -2.29. The van der Waals surface area contributed by atoms with Crippen molar-refractivity contribution < 1.29 is 9.84 Å². The van der Waals surface area contributed by atoms with Crippen LogP contribution in [0, 0.1) is 27.7 Å². The number of nitrogens with zero attached hydrogens (tertiary/aromatic N) is 2. The van der Waals surface area contributed by atoms with E-state index in [1.54, 1.807) is 11.2 Å². The fraction of sp³-hybridized carbons (Fsp3) is 0.364. The van der Waals surface area contributed by atoms with Crippen LogP contribution < -0.4 is 15.3 Å². The number of benzene rings is 3. The molecule has 1 aliphatic heterocycles. The van der Waals surface area contributed by atoms with Crippen LogP contribution in [0.25, 0.3) is 5.70 Å². The molecule has 3 aromatic rings. The summed E-state index contributed by atoms with van der Waals surface area (Å²) in [5.74, 6) is 0.859. The monoisotopic (exact) mass is 511 g/mol. The van der Waals surface area contributed by atoms with Crippen LogP contribution >= 0.6 is 0 Å². The van der Waals surface area contributed by atoms with Crippen LogP contribution in [-0.2, 0) is 0 Å². The SMILES string of the molecule is CCCCCCCCOc1ccc(C2=CC(c3ccc(C)cc3C)=NN(c3ccc(C)cc3C)N2)c(O)c1. The van der Waals surface area contributed by atoms with E-state index < -0.39 is 0 Å². The number of anilines is 1. The summed E-state index contributed by atoms with van der Waals surface area (Å²) in [6.45, 7) is 11.3. The van der Waals surface area contributed by atoms with Crippen molar-refractivity contribution in [2.75, 3.05) is 11.7 Å². The Balaban J connectivity index is 1.58. The van der Waals surface area contributed by atoms with E-state index in [1.807, 2.05) is 18.2 Å². The highest BCUT2D eigenvalue weighted by Crippen LogP contribution is 2.32. The van der Waals surface area contributed by atoms with Crippen LogP contribution in [0.1, 0.15) is 78.8 Å². The molecule has 38 heavy (non-hydrogen) atoms. The third-order valence-electron chi connectivity index (χ3n) is 6.98. The van der Waals surface area contributed by atoms with Gasteiger partial charge in [-0.15, -0.1) is 0 Å². The summed E-state index contributed by atoms with van der Waals surface area (Å²) in [5, 5.41) is 17.8. The van der Waals surface area contributed by atoms with Gasteiger partial charge in [-0.25, -0.2) is 0 Å². The second-order valence-electron chi connectivity index (χ2n) is 10.4. The van der Waals surface area contributed by atoms with Gasteiger partial charge in [-0.2, -0.15) is 10.2 Å². The predicted molar refractivity (Wildman–Crippen MR) is 159 cm³/mol. The first-order valence-corrected chi connectivity index (χ1v) is 13.8. The maximum atomic E-state index is 11.0. The van der Waals surface area contributed by atoms with Gasteiger partial charge in [0.1, 0.15) is 11.5 Å². The lowest BCUT2D eigenvalue weighted by molar-refractivity contribution is 0.302. The quantitative estimate of drug-likeness (QED) is 0.255. The van der Waals surface area contributed by atoms with E-state index in [0.717, 1.165) is 40.2 Å². The Kier molecular flexibility index (Phi) is 9.11. The summed E-state index contributed by atoms with van der Waals surface area (Å²) in [6.07, 6.45) is 9.31. The zero-order chi connectivity index (χ0) is 27.1. The summed E-state index contributed by atoms with van der Waals surface area (Å²) in [4.78, 5) is 0. The molecule has 200 valence electrons. The largest absolute Gasteiger partial charge is 0.507 e. The second kappa shape index (κ2) is 12.7. The van der Waals surface area contributed by atoms with Gasteiger partial charge in [0.2, 0.25) is 0 Å². The Hall–Kier alpha value is -3.73. The Morgan fingerprint density at radius 2 is 1.47 bits per heavy atom. The molecule has 0 amide bonds. The minimum atomic E-state index is 0.173. The molecule has 3 aromatic carbocycles. The maximum Gasteiger partial charge on any atom is 0.128 e. The highest BCUT2D eigenvalue weighted by molar-refractivity contribution is 6.14. The number of aromatic hydroxyl groups is 1. The number of rotatable bonds is 11. The molecule has 0 radical (unpaired) electrons. The Morgan fingerprint density at radius 1 is 0.789 bits per heavy atom. The molecular weight excluding hydrogens is 470 g/mol. The number of allylic oxidation sites excluding steroid dienone is 1. The maximum absolute atomic E-state index is 11.0. The minimum absolute atomic E-state index is 0.173. The number of nitrogens with one attached hydrogen (secondary N) is 1. The van der Waals surface area contributed by atoms with E-state index in [1.165, 1.54) is 43.2 Å². The smallest absolute Gasteiger partial charge is 0.128 e. The van der Waals surface area contributed by atoms with E-state index in [2.05, 4.69) is 76.4 Å². The number of aryl methyl sites for hydroxylation is 4. The van der Waals surface area contributed by atoms with Gasteiger partial charge in [-0.05, 0) is 69.5 Å². The number of hydrogen-bond donors (Lipinski definition) is 2. The van der Waals surface area contributed by atoms with E-state index in [9.17, 15) is 5.11 Å². The van der Waals surface area contributed by atoms with Crippen LogP contribution in [0.5, 0.6) is 11.5 Å². The van der Waals surface area contributed by atoms with Crippen LogP contribution in [0.4, 0.5) is 5.69 Å². The van der Waals surface area contributed by atoms with E-state index >= 15 is 0 Å². The summed E-state index contributed by atoms with van der Waals surface area (Å²) in [5.41, 5.74) is 12.4. The van der Waals surface area contributed by atoms with Crippen molar-refractivity contribution in [1.82, 2.24) is 5.43 Å². The molecule has 1 aliphatic rings. The first-order valence-electron chi connectivity index (χ1n) is 13.8. The molecule has 0 saturated carbocycles. The molecule has 5 heteroatoms. The molecule has 0 atom stereocenters. The topological polar surface area (TPSA) is 57.1 Å². The van der Waals surface area contributed by atoms with Gasteiger partial charge in [0, 0.05) is 17.2 Å². The van der Waals surface area contributed by atoms with E-state index in [-0.39, 0.29) is 5.75 Å². The number of phenolic OH excluding ortho intramolecular Hbond substituents is 1. The van der Waals surface area contributed by atoms with Crippen LogP contribution in [-0.4, -0.2) is 17.4 Å². The Labute approximate surface area is 227 Å². The molecule has 0 bridgehead atoms. The summed E-state index contributed by atoms with van der Waals surface area (Å²) < 4.78 is 5.94. The molecule has 2 N–H and O–H groups in total. The van der Waals surface area contributed by atoms with Gasteiger partial charge in [0.15, 0.2) is 0 Å². The van der Waals surface area contributed by atoms with Crippen molar-refractivity contribution in [3.63, 3.8) is 0 Å². The lowest BCUT2D eigenvalue weighted by atomic mass is 9.99. The Morgan fingerprint density at radius 3 is 2.18 bits per heavy atom. The van der Waals surface area contributed by atoms with Crippen molar-refractivity contribution in [2.24, 2.45) is 5.10 Å². The van der Waals surface area contributed by atoms with Gasteiger partial charge in [-0.1, -0.05) is 80.5 Å². The number of hydrazone groups is 1. The number of hydrogen-bond acceptors (Lipinski definition) is 5. The van der Waals surface area contributed by atoms with Gasteiger partial charge in [-0.3, -0.25) is 5.43 Å². The molecular formula is C33H41N3O2. The average molecular weight is 512 g/mol. The molecule has 0 fully saturated rings. The van der Waals surface area contributed by atoms with Crippen molar-refractivity contribution in [2.45, 2.75) is 73.1 Å². The van der Waals surface area contributed by atoms with Gasteiger partial charge in [0.25, 0.3) is 0 Å². The normalized spacial score (nSPS) is 13.1. The third-order valence-corrected chi connectivity index (χ3v) is 6.98. The summed E-state index contributed by atoms with van der Waals surface area (Å²) >= 11 is 0. The molecule has 0 saturated heterocycles. The number of hydrazine groups is 1. The third kappa shape index (κ3) is 6.77. The highest BCUT2D eigenvalue weighted by Gasteiger charge is 2.21. The van der Waals surface area contributed by atoms with Gasteiger partial charge >= 0.3 is 0 Å². The first-order chi connectivity index (χ1) is 18.4. The van der Waals surface area contributed by atoms with Crippen LogP contribution in [0.2, 0.25) is 0 Å². The second-order valence-corrected chi connectivity index (χ2v) is 10.4. The Bertz CT molecular complexity index is 1330. The van der Waals surface area contributed by atoms with Crippen molar-refractivity contribution >= 4 is 17.1 Å². The van der Waals surface area contributed by atoms with E-state index in [4.69, 9.17) is 9.84 Å². The zero-order valence-electron chi connectivity index (χ0n) is 23.5. The molecule has 1 heterocycles. The lowest BCUT2D eigenvalue weighted by Crippen LogP contribution is -2.37. The zero-order valence-corrected chi connectivity index (χ0v) is 23.5. The fourth-order valence-electron chi connectivity index (χ4n) is 4.87. The molecule has 0 spiro atoms. The minimum Gasteiger partial charge on any atom is -0.507 e. The molecule has 0 unspecified atom stereocenters. The summed E-state index contributed by atoms with van der Waals surface area (Å²) in [7, 11) is 0. The fourth-order valence-corrected chi connectivity index (χ4v) is 4.87. The van der Waals surface area contributed by atoms with Crippen LogP contribution in [0.15, 0.2) is 65.8 Å². The molecule has 5 nitrogen and oxygen atoms in total. The van der Waals surface area contributed by atoms with Crippen LogP contribution in [0.3, 0.4) is 0 Å². The van der Waals surface area contributed by atoms with Crippen molar-refractivity contribution in [3.8, 4) is 11.5 Å². The van der Waals surface area contributed by atoms with E-state index in [0.29, 0.717) is 17.9 Å².